The highest BCUT2D eigenvalue weighted by Gasteiger charge is 2.10. The van der Waals surface area contributed by atoms with Crippen LogP contribution in [0.15, 0.2) is 84.0 Å². The molecule has 4 nitrogen and oxygen atoms in total. The van der Waals surface area contributed by atoms with Gasteiger partial charge in [-0.05, 0) is 64.2 Å². The zero-order valence-electron chi connectivity index (χ0n) is 16.6. The van der Waals surface area contributed by atoms with Gasteiger partial charge in [-0.2, -0.15) is 0 Å². The van der Waals surface area contributed by atoms with Gasteiger partial charge in [0.2, 0.25) is 5.91 Å². The highest BCUT2D eigenvalue weighted by atomic mass is 32.2. The van der Waals surface area contributed by atoms with Crippen LogP contribution in [0.3, 0.4) is 0 Å². The fraction of sp³-hybridized carbons (Fsp3) is 0.120. The van der Waals surface area contributed by atoms with Gasteiger partial charge in [-0.25, -0.2) is 0 Å². The molecule has 3 aromatic carbocycles. The number of hydrogen-bond acceptors (Lipinski definition) is 4. The van der Waals surface area contributed by atoms with Gasteiger partial charge in [0.05, 0.1) is 6.42 Å². The molecule has 0 aliphatic heterocycles. The Kier molecular flexibility index (Phi) is 6.00. The lowest BCUT2D eigenvalue weighted by molar-refractivity contribution is -0.120. The molecular weight excluding hydrogens is 392 g/mol. The van der Waals surface area contributed by atoms with Gasteiger partial charge in [-0.3, -0.25) is 9.78 Å². The summed E-state index contributed by atoms with van der Waals surface area (Å²) in [6.45, 7) is 0.434. The number of hydrogen-bond donors (Lipinski definition) is 2. The van der Waals surface area contributed by atoms with Crippen LogP contribution in [0.4, 0.5) is 0 Å². The molecule has 0 unspecified atom stereocenters. The maximum Gasteiger partial charge on any atom is 0.224 e. The lowest BCUT2D eigenvalue weighted by Gasteiger charge is -2.12. The summed E-state index contributed by atoms with van der Waals surface area (Å²) < 4.78 is 0. The number of phenolic OH excluding ortho intramolecular Hbond substituents is 1. The highest BCUT2D eigenvalue weighted by Crippen LogP contribution is 2.32. The number of carbonyl (C=O) groups excluding carboxylic acids is 1. The van der Waals surface area contributed by atoms with E-state index < -0.39 is 0 Å². The SMILES string of the molecule is CSc1cccc(CC(=O)NCc2ccc(-c3cccc(O)c3)c3ccncc23)c1. The van der Waals surface area contributed by atoms with Crippen molar-refractivity contribution in [3.05, 3.63) is 90.3 Å². The van der Waals surface area contributed by atoms with Crippen LogP contribution in [0.2, 0.25) is 0 Å². The summed E-state index contributed by atoms with van der Waals surface area (Å²) in [5.74, 6) is 0.221. The smallest absolute Gasteiger partial charge is 0.224 e. The molecule has 0 saturated heterocycles. The number of aromatic nitrogens is 1. The molecule has 30 heavy (non-hydrogen) atoms. The van der Waals surface area contributed by atoms with Gasteiger partial charge >= 0.3 is 0 Å². The van der Waals surface area contributed by atoms with Crippen molar-refractivity contribution in [2.24, 2.45) is 0 Å². The molecule has 0 saturated carbocycles. The monoisotopic (exact) mass is 414 g/mol. The largest absolute Gasteiger partial charge is 0.508 e. The fourth-order valence-electron chi connectivity index (χ4n) is 3.55. The summed E-state index contributed by atoms with van der Waals surface area (Å²) in [4.78, 5) is 17.9. The predicted octanol–water partition coefficient (Wildman–Crippen LogP) is 5.19. The van der Waals surface area contributed by atoms with E-state index in [4.69, 9.17) is 0 Å². The summed E-state index contributed by atoms with van der Waals surface area (Å²) >= 11 is 1.67. The zero-order chi connectivity index (χ0) is 20.9. The van der Waals surface area contributed by atoms with Crippen LogP contribution in [0, 0.1) is 0 Å². The van der Waals surface area contributed by atoms with E-state index in [0.29, 0.717) is 13.0 Å². The zero-order valence-corrected chi connectivity index (χ0v) is 17.4. The molecule has 0 radical (unpaired) electrons. The third kappa shape index (κ3) is 4.47. The number of benzene rings is 3. The van der Waals surface area contributed by atoms with Crippen molar-refractivity contribution < 1.29 is 9.90 Å². The van der Waals surface area contributed by atoms with E-state index in [2.05, 4.69) is 10.3 Å². The first-order chi connectivity index (χ1) is 14.6. The van der Waals surface area contributed by atoms with E-state index in [-0.39, 0.29) is 11.7 Å². The topological polar surface area (TPSA) is 62.2 Å². The van der Waals surface area contributed by atoms with Crippen LogP contribution in [-0.2, 0) is 17.8 Å². The van der Waals surface area contributed by atoms with E-state index in [1.807, 2.05) is 67.0 Å². The van der Waals surface area contributed by atoms with Crippen molar-refractivity contribution in [3.63, 3.8) is 0 Å². The molecule has 0 spiro atoms. The molecule has 0 fully saturated rings. The van der Waals surface area contributed by atoms with Gasteiger partial charge in [0.15, 0.2) is 0 Å². The van der Waals surface area contributed by atoms with Gasteiger partial charge in [0.1, 0.15) is 5.75 Å². The number of rotatable bonds is 6. The first-order valence-electron chi connectivity index (χ1n) is 9.68. The Morgan fingerprint density at radius 2 is 1.90 bits per heavy atom. The average Bonchev–Trinajstić information content (AvgIpc) is 2.77. The summed E-state index contributed by atoms with van der Waals surface area (Å²) in [7, 11) is 0. The Bertz CT molecular complexity index is 1210. The van der Waals surface area contributed by atoms with Crippen molar-refractivity contribution in [3.8, 4) is 16.9 Å². The minimum absolute atomic E-state index is 0.0117. The van der Waals surface area contributed by atoms with Crippen molar-refractivity contribution in [2.45, 2.75) is 17.9 Å². The van der Waals surface area contributed by atoms with Crippen molar-refractivity contribution in [1.82, 2.24) is 10.3 Å². The molecule has 4 aromatic rings. The highest BCUT2D eigenvalue weighted by molar-refractivity contribution is 7.98. The fourth-order valence-corrected chi connectivity index (χ4v) is 4.04. The molecule has 1 aromatic heterocycles. The second-order valence-electron chi connectivity index (χ2n) is 7.05. The number of nitrogens with one attached hydrogen (secondary N) is 1. The summed E-state index contributed by atoms with van der Waals surface area (Å²) in [5, 5.41) is 14.9. The Morgan fingerprint density at radius 1 is 1.03 bits per heavy atom. The van der Waals surface area contributed by atoms with Crippen LogP contribution in [0.1, 0.15) is 11.1 Å². The van der Waals surface area contributed by atoms with Crippen molar-refractivity contribution in [1.29, 1.82) is 0 Å². The molecule has 5 heteroatoms. The summed E-state index contributed by atoms with van der Waals surface area (Å²) in [6, 6.07) is 21.3. The Morgan fingerprint density at radius 3 is 2.73 bits per heavy atom. The first-order valence-corrected chi connectivity index (χ1v) is 10.9. The van der Waals surface area contributed by atoms with E-state index in [9.17, 15) is 9.90 Å². The van der Waals surface area contributed by atoms with Crippen molar-refractivity contribution >= 4 is 28.4 Å². The van der Waals surface area contributed by atoms with Crippen molar-refractivity contribution in [2.75, 3.05) is 6.26 Å². The average molecular weight is 415 g/mol. The maximum absolute atomic E-state index is 12.5. The molecule has 1 heterocycles. The summed E-state index contributed by atoms with van der Waals surface area (Å²) in [6.07, 6.45) is 5.96. The number of nitrogens with zero attached hydrogens (tertiary/aromatic N) is 1. The Balaban J connectivity index is 1.55. The molecule has 2 N–H and O–H groups in total. The number of fused-ring (bicyclic) bond motifs is 1. The van der Waals surface area contributed by atoms with Gasteiger partial charge in [0, 0.05) is 29.2 Å². The molecule has 150 valence electrons. The van der Waals surface area contributed by atoms with E-state index >= 15 is 0 Å². The number of phenols is 1. The van der Waals surface area contributed by atoms with Gasteiger partial charge in [-0.15, -0.1) is 11.8 Å². The second kappa shape index (κ2) is 9.01. The molecule has 4 rings (SSSR count). The standard InChI is InChI=1S/C25H22N2O2S/c1-30-21-7-2-4-17(12-21)13-25(29)27-15-19-8-9-22(18-5-3-6-20(28)14-18)23-10-11-26-16-24(19)23/h2-12,14,16,28H,13,15H2,1H3,(H,27,29). The number of thioether (sulfide) groups is 1. The molecule has 1 amide bonds. The van der Waals surface area contributed by atoms with Gasteiger partial charge in [0.25, 0.3) is 0 Å². The van der Waals surface area contributed by atoms with Crippen LogP contribution >= 0.6 is 11.8 Å². The maximum atomic E-state index is 12.5. The molecule has 0 aliphatic rings. The molecule has 0 aliphatic carbocycles. The predicted molar refractivity (Wildman–Crippen MR) is 123 cm³/mol. The van der Waals surface area contributed by atoms with E-state index in [1.54, 1.807) is 30.1 Å². The number of aromatic hydroxyl groups is 1. The third-order valence-corrected chi connectivity index (χ3v) is 5.77. The minimum atomic E-state index is -0.0117. The summed E-state index contributed by atoms with van der Waals surface area (Å²) in [5.41, 5.74) is 3.97. The minimum Gasteiger partial charge on any atom is -0.508 e. The number of carbonyl (C=O) groups is 1. The lowest BCUT2D eigenvalue weighted by Crippen LogP contribution is -2.24. The Hall–Kier alpha value is -3.31. The van der Waals surface area contributed by atoms with Crippen LogP contribution in [0.25, 0.3) is 21.9 Å². The first kappa shape index (κ1) is 20.0. The quantitative estimate of drug-likeness (QED) is 0.426. The lowest BCUT2D eigenvalue weighted by atomic mass is 9.96. The number of pyridine rings is 1. The molecular formula is C25H22N2O2S. The van der Waals surface area contributed by atoms with Crippen LogP contribution in [0.5, 0.6) is 5.75 Å². The van der Waals surface area contributed by atoms with Gasteiger partial charge in [-0.1, -0.05) is 36.4 Å². The van der Waals surface area contributed by atoms with E-state index in [0.717, 1.165) is 37.9 Å². The van der Waals surface area contributed by atoms with E-state index in [1.165, 1.54) is 0 Å². The normalized spacial score (nSPS) is 10.8. The van der Waals surface area contributed by atoms with Crippen LogP contribution < -0.4 is 5.32 Å². The molecule has 0 atom stereocenters. The Labute approximate surface area is 180 Å². The number of amides is 1. The third-order valence-electron chi connectivity index (χ3n) is 5.04. The molecule has 0 bridgehead atoms. The van der Waals surface area contributed by atoms with Gasteiger partial charge < -0.3 is 10.4 Å². The van der Waals surface area contributed by atoms with Crippen LogP contribution in [-0.4, -0.2) is 22.3 Å². The second-order valence-corrected chi connectivity index (χ2v) is 7.93.